The summed E-state index contributed by atoms with van der Waals surface area (Å²) in [5, 5.41) is 0.0649. The lowest BCUT2D eigenvalue weighted by Gasteiger charge is -2.45. The zero-order chi connectivity index (χ0) is 28.9. The van der Waals surface area contributed by atoms with Crippen LogP contribution < -0.4 is 0 Å². The lowest BCUT2D eigenvalue weighted by atomic mass is 10.1. The molecule has 0 fully saturated rings. The van der Waals surface area contributed by atoms with Gasteiger partial charge in [0, 0.05) is 6.54 Å². The molecule has 1 aromatic rings. The molecule has 37 heavy (non-hydrogen) atoms. The first-order valence-corrected chi connectivity index (χ1v) is 19.4. The van der Waals surface area contributed by atoms with Crippen molar-refractivity contribution in [3.05, 3.63) is 48.6 Å². The fourth-order valence-corrected chi connectivity index (χ4v) is 5.71. The lowest BCUT2D eigenvalue weighted by Crippen LogP contribution is -2.56. The monoisotopic (exact) mass is 549 g/mol. The normalized spacial score (nSPS) is 15.2. The maximum Gasteiger partial charge on any atom is 0.411 e. The zero-order valence-electron chi connectivity index (χ0n) is 26.0. The molecule has 1 amide bonds. The van der Waals surface area contributed by atoms with Crippen LogP contribution in [-0.2, 0) is 20.1 Å². The van der Waals surface area contributed by atoms with E-state index in [2.05, 4.69) is 74.3 Å². The lowest BCUT2D eigenvalue weighted by molar-refractivity contribution is -0.0171. The summed E-state index contributed by atoms with van der Waals surface area (Å²) in [5.41, 5.74) is 0.417. The minimum Gasteiger partial charge on any atom is -0.444 e. The molecule has 7 heteroatoms. The maximum atomic E-state index is 13.8. The summed E-state index contributed by atoms with van der Waals surface area (Å²) in [5.74, 6) is 0. The van der Waals surface area contributed by atoms with Crippen molar-refractivity contribution in [2.75, 3.05) is 6.61 Å². The highest BCUT2D eigenvalue weighted by Gasteiger charge is 2.44. The topological polar surface area (TPSA) is 48.0 Å². The van der Waals surface area contributed by atoms with Crippen molar-refractivity contribution in [2.24, 2.45) is 0 Å². The maximum absolute atomic E-state index is 13.8. The molecule has 0 bridgehead atoms. The van der Waals surface area contributed by atoms with Crippen LogP contribution in [0.2, 0.25) is 36.3 Å². The Balaban J connectivity index is 3.62. The number of carbonyl (C=O) groups is 1. The quantitative estimate of drug-likeness (QED) is 0.204. The second-order valence-electron chi connectivity index (χ2n) is 14.2. The van der Waals surface area contributed by atoms with E-state index in [0.29, 0.717) is 19.6 Å². The summed E-state index contributed by atoms with van der Waals surface area (Å²) in [4.78, 5) is 15.6. The number of carbonyl (C=O) groups excluding carboxylic acids is 1. The Hall–Kier alpha value is -1.42. The third kappa shape index (κ3) is 10.3. The molecule has 2 atom stereocenters. The number of ether oxygens (including phenoxy) is 1. The number of hydrogen-bond acceptors (Lipinski definition) is 4. The van der Waals surface area contributed by atoms with Gasteiger partial charge in [-0.3, -0.25) is 4.90 Å². The molecule has 0 spiro atoms. The zero-order valence-corrected chi connectivity index (χ0v) is 28.0. The standard InChI is InChI=1S/C30H55NO4Si2/c1-15-19-26(35-37(13,14)30(8,9)10)25(23-33-36(11,12)29(5,6)7)31(27(32)34-28(2,3)4)22-24-20-17-16-18-21-24/h15-18,20-21,25-26H,1,19,22-23H2,2-14H3/t25-,26+/m0/s1. The van der Waals surface area contributed by atoms with Crippen molar-refractivity contribution < 1.29 is 18.4 Å². The van der Waals surface area contributed by atoms with Crippen LogP contribution in [0.4, 0.5) is 4.79 Å². The van der Waals surface area contributed by atoms with E-state index in [0.717, 1.165) is 5.56 Å². The van der Waals surface area contributed by atoms with E-state index in [9.17, 15) is 4.79 Å². The van der Waals surface area contributed by atoms with Gasteiger partial charge in [0.1, 0.15) is 5.60 Å². The van der Waals surface area contributed by atoms with Crippen molar-refractivity contribution in [3.63, 3.8) is 0 Å². The van der Waals surface area contributed by atoms with Gasteiger partial charge < -0.3 is 13.6 Å². The van der Waals surface area contributed by atoms with Gasteiger partial charge in [0.15, 0.2) is 16.6 Å². The first-order chi connectivity index (χ1) is 16.6. The molecule has 0 saturated heterocycles. The Morgan fingerprint density at radius 1 is 0.919 bits per heavy atom. The van der Waals surface area contributed by atoms with E-state index in [4.69, 9.17) is 13.6 Å². The molecule has 1 aromatic carbocycles. The second-order valence-corrected chi connectivity index (χ2v) is 23.7. The molecule has 0 aromatic heterocycles. The van der Waals surface area contributed by atoms with Crippen LogP contribution in [0, 0.1) is 0 Å². The number of nitrogens with zero attached hydrogens (tertiary/aromatic N) is 1. The van der Waals surface area contributed by atoms with E-state index < -0.39 is 22.2 Å². The third-order valence-electron chi connectivity index (χ3n) is 7.73. The van der Waals surface area contributed by atoms with Gasteiger partial charge in [-0.25, -0.2) is 4.79 Å². The Morgan fingerprint density at radius 3 is 1.86 bits per heavy atom. The predicted molar refractivity (Wildman–Crippen MR) is 162 cm³/mol. The van der Waals surface area contributed by atoms with Crippen LogP contribution in [-0.4, -0.2) is 52.0 Å². The van der Waals surface area contributed by atoms with Crippen LogP contribution in [0.1, 0.15) is 74.3 Å². The van der Waals surface area contributed by atoms with Crippen LogP contribution >= 0.6 is 0 Å². The molecule has 0 aliphatic heterocycles. The van der Waals surface area contributed by atoms with Crippen LogP contribution in [0.15, 0.2) is 43.0 Å². The summed E-state index contributed by atoms with van der Waals surface area (Å²) in [7, 11) is -4.27. The fraction of sp³-hybridized carbons (Fsp3) is 0.700. The summed E-state index contributed by atoms with van der Waals surface area (Å²) in [6.07, 6.45) is 1.89. The molecule has 1 rings (SSSR count). The Bertz CT molecular complexity index is 864. The SMILES string of the molecule is C=CC[C@@H](O[Si](C)(C)C(C)(C)C)[C@H](CO[Si](C)(C)C(C)(C)C)N(Cc1ccccc1)C(=O)OC(C)(C)C. The van der Waals surface area contributed by atoms with Gasteiger partial charge in [-0.1, -0.05) is 78.0 Å². The van der Waals surface area contributed by atoms with Gasteiger partial charge in [0.05, 0.1) is 18.8 Å². The minimum absolute atomic E-state index is 0.0213. The highest BCUT2D eigenvalue weighted by atomic mass is 28.4. The molecule has 212 valence electrons. The van der Waals surface area contributed by atoms with Gasteiger partial charge in [0.25, 0.3) is 0 Å². The van der Waals surface area contributed by atoms with Crippen LogP contribution in [0.3, 0.4) is 0 Å². The Kier molecular flexibility index (Phi) is 11.5. The average Bonchev–Trinajstić information content (AvgIpc) is 2.70. The average molecular weight is 550 g/mol. The third-order valence-corrected chi connectivity index (χ3v) is 16.7. The first kappa shape index (κ1) is 33.6. The highest BCUT2D eigenvalue weighted by molar-refractivity contribution is 6.74. The van der Waals surface area contributed by atoms with Crippen molar-refractivity contribution in [3.8, 4) is 0 Å². The van der Waals surface area contributed by atoms with E-state index in [1.807, 2.05) is 62.1 Å². The molecule has 0 radical (unpaired) electrons. The summed E-state index contributed by atoms with van der Waals surface area (Å²) in [6, 6.07) is 9.73. The first-order valence-electron chi connectivity index (χ1n) is 13.6. The molecule has 5 nitrogen and oxygen atoms in total. The molecular formula is C30H55NO4Si2. The summed E-state index contributed by atoms with van der Waals surface area (Å²) in [6.45, 7) is 33.0. The van der Waals surface area contributed by atoms with Crippen molar-refractivity contribution >= 4 is 22.7 Å². The molecule has 0 saturated carbocycles. The van der Waals surface area contributed by atoms with Gasteiger partial charge in [-0.15, -0.1) is 6.58 Å². The highest BCUT2D eigenvalue weighted by Crippen LogP contribution is 2.40. The van der Waals surface area contributed by atoms with E-state index >= 15 is 0 Å². The number of amides is 1. The summed E-state index contributed by atoms with van der Waals surface area (Å²) >= 11 is 0. The van der Waals surface area contributed by atoms with Crippen LogP contribution in [0.5, 0.6) is 0 Å². The Morgan fingerprint density at radius 2 is 1.43 bits per heavy atom. The summed E-state index contributed by atoms with van der Waals surface area (Å²) < 4.78 is 19.7. The van der Waals surface area contributed by atoms with Gasteiger partial charge in [0.2, 0.25) is 0 Å². The van der Waals surface area contributed by atoms with E-state index in [1.165, 1.54) is 0 Å². The predicted octanol–water partition coefficient (Wildman–Crippen LogP) is 8.78. The molecular weight excluding hydrogens is 495 g/mol. The van der Waals surface area contributed by atoms with E-state index in [1.54, 1.807) is 0 Å². The van der Waals surface area contributed by atoms with Gasteiger partial charge >= 0.3 is 6.09 Å². The van der Waals surface area contributed by atoms with Crippen molar-refractivity contribution in [1.82, 2.24) is 4.90 Å². The minimum atomic E-state index is -2.17. The molecule has 0 N–H and O–H groups in total. The van der Waals surface area contributed by atoms with Gasteiger partial charge in [-0.2, -0.15) is 0 Å². The van der Waals surface area contributed by atoms with Crippen molar-refractivity contribution in [1.29, 1.82) is 0 Å². The van der Waals surface area contributed by atoms with Crippen molar-refractivity contribution in [2.45, 2.75) is 129 Å². The number of rotatable bonds is 11. The smallest absolute Gasteiger partial charge is 0.411 e. The van der Waals surface area contributed by atoms with Crippen LogP contribution in [0.25, 0.3) is 0 Å². The Labute approximate surface area is 230 Å². The molecule has 0 heterocycles. The number of hydrogen-bond donors (Lipinski definition) is 0. The number of benzene rings is 1. The second kappa shape index (κ2) is 12.6. The molecule has 0 aliphatic carbocycles. The molecule has 0 unspecified atom stereocenters. The van der Waals surface area contributed by atoms with Gasteiger partial charge in [-0.05, 0) is 69.0 Å². The fourth-order valence-electron chi connectivity index (χ4n) is 3.33. The molecule has 0 aliphatic rings. The van der Waals surface area contributed by atoms with E-state index in [-0.39, 0.29) is 28.3 Å². The largest absolute Gasteiger partial charge is 0.444 e.